The number of ketones is 1. The van der Waals surface area contributed by atoms with Gasteiger partial charge in [-0.25, -0.2) is 4.79 Å². The van der Waals surface area contributed by atoms with Crippen LogP contribution in [0.5, 0.6) is 0 Å². The van der Waals surface area contributed by atoms with Gasteiger partial charge in [0.1, 0.15) is 5.76 Å². The third kappa shape index (κ3) is 3.56. The Morgan fingerprint density at radius 1 is 1.24 bits per heavy atom. The summed E-state index contributed by atoms with van der Waals surface area (Å²) in [4.78, 5) is 26.9. The molecule has 0 heterocycles. The van der Waals surface area contributed by atoms with Crippen molar-refractivity contribution in [3.05, 3.63) is 41.2 Å². The number of nitrogens with zero attached hydrogens (tertiary/aromatic N) is 1. The Labute approximate surface area is 122 Å². The van der Waals surface area contributed by atoms with Gasteiger partial charge in [-0.05, 0) is 29.7 Å². The third-order valence-electron chi connectivity index (χ3n) is 3.35. The molecule has 1 aromatic carbocycles. The number of carbonyl (C=O) groups is 2. The van der Waals surface area contributed by atoms with Gasteiger partial charge in [0.25, 0.3) is 0 Å². The number of aliphatic imine (C=N–C) groups is 1. The maximum Gasteiger partial charge on any atom is 0.335 e. The van der Waals surface area contributed by atoms with Gasteiger partial charge in [0.05, 0.1) is 16.8 Å². The summed E-state index contributed by atoms with van der Waals surface area (Å²) in [5.41, 5.74) is 0.697. The van der Waals surface area contributed by atoms with Crippen LogP contribution in [-0.4, -0.2) is 28.2 Å². The number of carboxylic acid groups (broad SMARTS) is 1. The summed E-state index contributed by atoms with van der Waals surface area (Å²) in [6, 6.07) is 5.98. The Morgan fingerprint density at radius 2 is 1.86 bits per heavy atom. The Bertz CT molecular complexity index is 639. The summed E-state index contributed by atoms with van der Waals surface area (Å²) in [5, 5.41) is 18.8. The van der Waals surface area contributed by atoms with Gasteiger partial charge in [-0.2, -0.15) is 0 Å². The molecule has 1 aliphatic carbocycles. The van der Waals surface area contributed by atoms with Crippen LogP contribution in [0.3, 0.4) is 0 Å². The van der Waals surface area contributed by atoms with Crippen molar-refractivity contribution in [2.45, 2.75) is 26.7 Å². The van der Waals surface area contributed by atoms with Crippen molar-refractivity contribution in [2.75, 3.05) is 0 Å². The lowest BCUT2D eigenvalue weighted by Crippen LogP contribution is -2.26. The molecule has 0 amide bonds. The first-order valence-corrected chi connectivity index (χ1v) is 6.61. The molecule has 2 N–H and O–H groups in total. The van der Waals surface area contributed by atoms with E-state index in [1.807, 2.05) is 13.8 Å². The summed E-state index contributed by atoms with van der Waals surface area (Å²) in [6.45, 7) is 3.86. The smallest absolute Gasteiger partial charge is 0.335 e. The van der Waals surface area contributed by atoms with Crippen LogP contribution in [0.25, 0.3) is 0 Å². The van der Waals surface area contributed by atoms with Crippen molar-refractivity contribution in [3.8, 4) is 0 Å². The van der Waals surface area contributed by atoms with Crippen LogP contribution in [-0.2, 0) is 4.79 Å². The van der Waals surface area contributed by atoms with E-state index in [-0.39, 0.29) is 28.1 Å². The Hall–Kier alpha value is -2.43. The van der Waals surface area contributed by atoms with Gasteiger partial charge >= 0.3 is 5.97 Å². The maximum atomic E-state index is 12.0. The molecule has 1 aromatic rings. The van der Waals surface area contributed by atoms with E-state index in [4.69, 9.17) is 5.11 Å². The molecule has 0 bridgehead atoms. The lowest BCUT2D eigenvalue weighted by molar-refractivity contribution is -0.117. The minimum Gasteiger partial charge on any atom is -0.511 e. The van der Waals surface area contributed by atoms with Crippen LogP contribution >= 0.6 is 0 Å². The fourth-order valence-corrected chi connectivity index (χ4v) is 2.28. The van der Waals surface area contributed by atoms with Crippen LogP contribution < -0.4 is 0 Å². The fourth-order valence-electron chi connectivity index (χ4n) is 2.28. The van der Waals surface area contributed by atoms with Gasteiger partial charge in [0.15, 0.2) is 5.78 Å². The Kier molecular flexibility index (Phi) is 3.93. The van der Waals surface area contributed by atoms with Crippen LogP contribution in [0, 0.1) is 5.41 Å². The van der Waals surface area contributed by atoms with Crippen molar-refractivity contribution >= 4 is 23.7 Å². The topological polar surface area (TPSA) is 87.0 Å². The number of hydrogen-bond donors (Lipinski definition) is 2. The molecular formula is C16H17NO4. The van der Waals surface area contributed by atoms with Gasteiger partial charge in [-0.1, -0.05) is 13.8 Å². The predicted molar refractivity (Wildman–Crippen MR) is 79.2 cm³/mol. The molecule has 21 heavy (non-hydrogen) atoms. The molecule has 110 valence electrons. The molecule has 5 nitrogen and oxygen atoms in total. The third-order valence-corrected chi connectivity index (χ3v) is 3.35. The average Bonchev–Trinajstić information content (AvgIpc) is 2.36. The number of aliphatic hydroxyl groups excluding tert-OH is 1. The second kappa shape index (κ2) is 5.52. The quantitative estimate of drug-likeness (QED) is 0.835. The molecule has 2 rings (SSSR count). The molecule has 0 spiro atoms. The minimum absolute atomic E-state index is 0.0576. The molecule has 0 saturated carbocycles. The number of carboxylic acids is 1. The Morgan fingerprint density at radius 3 is 2.38 bits per heavy atom. The zero-order chi connectivity index (χ0) is 15.6. The van der Waals surface area contributed by atoms with E-state index in [9.17, 15) is 14.7 Å². The van der Waals surface area contributed by atoms with Crippen LogP contribution in [0.2, 0.25) is 0 Å². The average molecular weight is 287 g/mol. The first-order valence-electron chi connectivity index (χ1n) is 6.61. The molecule has 0 saturated heterocycles. The van der Waals surface area contributed by atoms with Crippen LogP contribution in [0.1, 0.15) is 37.0 Å². The van der Waals surface area contributed by atoms with E-state index in [0.29, 0.717) is 18.5 Å². The minimum atomic E-state index is -1.00. The number of allylic oxidation sites excluding steroid dienone is 2. The van der Waals surface area contributed by atoms with Crippen molar-refractivity contribution in [1.29, 1.82) is 0 Å². The predicted octanol–water partition coefficient (Wildman–Crippen LogP) is 3.29. The molecular weight excluding hydrogens is 270 g/mol. The van der Waals surface area contributed by atoms with E-state index in [2.05, 4.69) is 4.99 Å². The first kappa shape index (κ1) is 15.0. The SMILES string of the molecule is CC1(C)CC(=O)C(C=Nc2ccc(C(=O)O)cc2)=C(O)C1. The number of aromatic carboxylic acids is 1. The number of benzene rings is 1. The number of carbonyl (C=O) groups excluding carboxylic acids is 1. The van der Waals surface area contributed by atoms with Crippen molar-refractivity contribution < 1.29 is 19.8 Å². The van der Waals surface area contributed by atoms with Crippen molar-refractivity contribution in [2.24, 2.45) is 10.4 Å². The van der Waals surface area contributed by atoms with Gasteiger partial charge in [-0.3, -0.25) is 9.79 Å². The zero-order valence-corrected chi connectivity index (χ0v) is 12.0. The lowest BCUT2D eigenvalue weighted by atomic mass is 9.77. The highest BCUT2D eigenvalue weighted by Gasteiger charge is 2.32. The molecule has 0 atom stereocenters. The Balaban J connectivity index is 2.21. The second-order valence-electron chi connectivity index (χ2n) is 5.91. The van der Waals surface area contributed by atoms with E-state index in [1.54, 1.807) is 12.1 Å². The maximum absolute atomic E-state index is 12.0. The standard InChI is InChI=1S/C16H17NO4/c1-16(2)7-13(18)12(14(19)8-16)9-17-11-5-3-10(4-6-11)15(20)21/h3-6,9,18H,7-8H2,1-2H3,(H,20,21). The van der Waals surface area contributed by atoms with E-state index in [0.717, 1.165) is 0 Å². The summed E-state index contributed by atoms with van der Waals surface area (Å²) in [6.07, 6.45) is 2.16. The lowest BCUT2D eigenvalue weighted by Gasteiger charge is -2.28. The monoisotopic (exact) mass is 287 g/mol. The number of rotatable bonds is 3. The van der Waals surface area contributed by atoms with Crippen molar-refractivity contribution in [1.82, 2.24) is 0 Å². The highest BCUT2D eigenvalue weighted by atomic mass is 16.4. The number of hydrogen-bond acceptors (Lipinski definition) is 4. The van der Waals surface area contributed by atoms with E-state index in [1.165, 1.54) is 18.3 Å². The molecule has 0 unspecified atom stereocenters. The fraction of sp³-hybridized carbons (Fsp3) is 0.312. The molecule has 0 aliphatic heterocycles. The zero-order valence-electron chi connectivity index (χ0n) is 12.0. The second-order valence-corrected chi connectivity index (χ2v) is 5.91. The van der Waals surface area contributed by atoms with Gasteiger partial charge in [0, 0.05) is 19.1 Å². The summed E-state index contributed by atoms with van der Waals surface area (Å²) in [7, 11) is 0. The molecule has 1 aliphatic rings. The number of aliphatic hydroxyl groups is 1. The van der Waals surface area contributed by atoms with Gasteiger partial charge in [0.2, 0.25) is 0 Å². The van der Waals surface area contributed by atoms with Crippen molar-refractivity contribution in [3.63, 3.8) is 0 Å². The molecule has 0 radical (unpaired) electrons. The largest absolute Gasteiger partial charge is 0.511 e. The molecule has 0 aromatic heterocycles. The highest BCUT2D eigenvalue weighted by molar-refractivity contribution is 6.14. The number of Topliss-reactive ketones (excluding diaryl/α,β-unsaturated/α-hetero) is 1. The molecule has 0 fully saturated rings. The molecule has 5 heteroatoms. The van der Waals surface area contributed by atoms with Gasteiger partial charge < -0.3 is 10.2 Å². The first-order chi connectivity index (χ1) is 9.78. The summed E-state index contributed by atoms with van der Waals surface area (Å²) < 4.78 is 0. The normalized spacial score (nSPS) is 18.3. The van der Waals surface area contributed by atoms with E-state index < -0.39 is 5.97 Å². The van der Waals surface area contributed by atoms with E-state index >= 15 is 0 Å². The van der Waals surface area contributed by atoms with Crippen LogP contribution in [0.4, 0.5) is 5.69 Å². The van der Waals surface area contributed by atoms with Crippen LogP contribution in [0.15, 0.2) is 40.6 Å². The summed E-state index contributed by atoms with van der Waals surface area (Å²) in [5.74, 6) is -1.08. The highest BCUT2D eigenvalue weighted by Crippen LogP contribution is 2.35. The van der Waals surface area contributed by atoms with Gasteiger partial charge in [-0.15, -0.1) is 0 Å². The summed E-state index contributed by atoms with van der Waals surface area (Å²) >= 11 is 0.